The van der Waals surface area contributed by atoms with Crippen molar-refractivity contribution in [2.24, 2.45) is 22.7 Å². The Morgan fingerprint density at radius 1 is 1.23 bits per heavy atom. The van der Waals surface area contributed by atoms with E-state index < -0.39 is 0 Å². The Hall–Kier alpha value is -1.89. The van der Waals surface area contributed by atoms with E-state index in [-0.39, 0.29) is 23.5 Å². The number of amides is 2. The van der Waals surface area contributed by atoms with Crippen LogP contribution in [0.3, 0.4) is 0 Å². The van der Waals surface area contributed by atoms with Gasteiger partial charge in [0.25, 0.3) is 0 Å². The fourth-order valence-corrected chi connectivity index (χ4v) is 6.68. The van der Waals surface area contributed by atoms with Gasteiger partial charge in [-0.05, 0) is 68.4 Å². The van der Waals surface area contributed by atoms with Crippen LogP contribution in [0.1, 0.15) is 57.1 Å². The Morgan fingerprint density at radius 3 is 2.84 bits per heavy atom. The molecule has 0 radical (unpaired) electrons. The molecule has 3 saturated carbocycles. The highest BCUT2D eigenvalue weighted by atomic mass is 32.2. The van der Waals surface area contributed by atoms with E-state index in [4.69, 9.17) is 4.99 Å². The van der Waals surface area contributed by atoms with Crippen LogP contribution < -0.4 is 5.32 Å². The third-order valence-electron chi connectivity index (χ3n) is 7.28. The van der Waals surface area contributed by atoms with Crippen molar-refractivity contribution >= 4 is 28.7 Å². The topological polar surface area (TPSA) is 74.7 Å². The van der Waals surface area contributed by atoms with Crippen molar-refractivity contribution in [1.29, 1.82) is 0 Å². The molecule has 1 N–H and O–H groups in total. The molecule has 2 heterocycles. The number of aromatic nitrogens is 1. The predicted octanol–water partition coefficient (Wildman–Crippen LogP) is 3.42. The molecule has 166 valence electrons. The van der Waals surface area contributed by atoms with E-state index in [9.17, 15) is 9.59 Å². The smallest absolute Gasteiger partial charge is 0.242 e. The predicted molar refractivity (Wildman–Crippen MR) is 123 cm³/mol. The fraction of sp³-hybridized carbons (Fsp3) is 0.667. The number of nitrogens with zero attached hydrogens (tertiary/aromatic N) is 3. The highest BCUT2D eigenvalue weighted by molar-refractivity contribution is 8.15. The third kappa shape index (κ3) is 5.13. The van der Waals surface area contributed by atoms with Crippen LogP contribution in [0.15, 0.2) is 29.4 Å². The standard InChI is InChI=1S/C24H32N4O2S/c29-22(27-20-6-7-20)15-21-23(30)28(12-9-18-14-16-4-5-17(18)13-16)24(31-21)26-11-8-19-3-1-2-10-25-19/h1-3,10,16-18,20-21H,4-9,11-15H2,(H,27,29). The number of thioether (sulfide) groups is 1. The first-order valence-electron chi connectivity index (χ1n) is 11.9. The van der Waals surface area contributed by atoms with Gasteiger partial charge in [-0.15, -0.1) is 0 Å². The molecule has 0 aromatic carbocycles. The minimum Gasteiger partial charge on any atom is -0.353 e. The Labute approximate surface area is 188 Å². The van der Waals surface area contributed by atoms with Crippen molar-refractivity contribution < 1.29 is 9.59 Å². The van der Waals surface area contributed by atoms with Crippen LogP contribution in [-0.2, 0) is 16.0 Å². The normalized spacial score (nSPS) is 31.0. The molecule has 31 heavy (non-hydrogen) atoms. The van der Waals surface area contributed by atoms with Crippen molar-refractivity contribution in [3.8, 4) is 0 Å². The van der Waals surface area contributed by atoms with Gasteiger partial charge in [-0.3, -0.25) is 24.5 Å². The van der Waals surface area contributed by atoms with Crippen molar-refractivity contribution in [2.45, 2.75) is 69.1 Å². The number of nitrogens with one attached hydrogen (secondary N) is 1. The zero-order chi connectivity index (χ0) is 21.2. The van der Waals surface area contributed by atoms with Gasteiger partial charge < -0.3 is 5.32 Å². The second-order valence-electron chi connectivity index (χ2n) is 9.60. The minimum atomic E-state index is -0.340. The molecule has 4 aliphatic rings. The highest BCUT2D eigenvalue weighted by Crippen LogP contribution is 2.49. The van der Waals surface area contributed by atoms with Crippen LogP contribution in [0, 0.1) is 17.8 Å². The Bertz CT molecular complexity index is 841. The fourth-order valence-electron chi connectivity index (χ4n) is 5.49. The Balaban J connectivity index is 1.22. The highest BCUT2D eigenvalue weighted by Gasteiger charge is 2.42. The van der Waals surface area contributed by atoms with E-state index in [0.717, 1.165) is 60.8 Å². The maximum atomic E-state index is 13.2. The summed E-state index contributed by atoms with van der Waals surface area (Å²) in [5.41, 5.74) is 1.01. The number of pyridine rings is 1. The van der Waals surface area contributed by atoms with E-state index in [1.807, 2.05) is 23.1 Å². The van der Waals surface area contributed by atoms with Crippen LogP contribution in [0.25, 0.3) is 0 Å². The number of rotatable bonds is 9. The molecule has 6 nitrogen and oxygen atoms in total. The van der Waals surface area contributed by atoms with Crippen LogP contribution in [-0.4, -0.2) is 51.2 Å². The van der Waals surface area contributed by atoms with E-state index in [1.165, 1.54) is 37.4 Å². The molecule has 2 amide bonds. The average molecular weight is 441 g/mol. The van der Waals surface area contributed by atoms with Gasteiger partial charge in [-0.2, -0.15) is 0 Å². The van der Waals surface area contributed by atoms with Crippen molar-refractivity contribution in [3.05, 3.63) is 30.1 Å². The number of carbonyl (C=O) groups is 2. The molecule has 3 aliphatic carbocycles. The summed E-state index contributed by atoms with van der Waals surface area (Å²) in [5.74, 6) is 2.60. The van der Waals surface area contributed by atoms with Crippen molar-refractivity contribution in [1.82, 2.24) is 15.2 Å². The molecule has 4 fully saturated rings. The SMILES string of the molecule is O=C(CC1SC(=NCCc2ccccn2)N(CCC2CC3CCC2C3)C1=O)NC1CC1. The average Bonchev–Trinajstić information content (AvgIpc) is 3.20. The Morgan fingerprint density at radius 2 is 2.13 bits per heavy atom. The lowest BCUT2D eigenvalue weighted by Gasteiger charge is -2.24. The van der Waals surface area contributed by atoms with Crippen LogP contribution in [0.5, 0.6) is 0 Å². The van der Waals surface area contributed by atoms with Crippen LogP contribution in [0.4, 0.5) is 0 Å². The van der Waals surface area contributed by atoms with Gasteiger partial charge in [0.1, 0.15) is 5.25 Å². The summed E-state index contributed by atoms with van der Waals surface area (Å²) in [6.07, 6.45) is 11.5. The van der Waals surface area contributed by atoms with Gasteiger partial charge in [-0.1, -0.05) is 24.2 Å². The number of fused-ring (bicyclic) bond motifs is 2. The third-order valence-corrected chi connectivity index (χ3v) is 8.50. The molecular formula is C24H32N4O2S. The first-order valence-corrected chi connectivity index (χ1v) is 12.8. The second kappa shape index (κ2) is 9.31. The number of hydrogen-bond acceptors (Lipinski definition) is 5. The molecule has 5 rings (SSSR count). The number of amidine groups is 1. The van der Waals surface area contributed by atoms with Gasteiger partial charge in [0.2, 0.25) is 11.8 Å². The molecule has 7 heteroatoms. The summed E-state index contributed by atoms with van der Waals surface area (Å²) in [5, 5.41) is 3.48. The van der Waals surface area contributed by atoms with Gasteiger partial charge in [0, 0.05) is 43.9 Å². The molecule has 1 aliphatic heterocycles. The maximum Gasteiger partial charge on any atom is 0.242 e. The summed E-state index contributed by atoms with van der Waals surface area (Å²) in [4.78, 5) is 36.5. The largest absolute Gasteiger partial charge is 0.353 e. The molecular weight excluding hydrogens is 408 g/mol. The van der Waals surface area contributed by atoms with Gasteiger partial charge in [-0.25, -0.2) is 0 Å². The van der Waals surface area contributed by atoms with E-state index in [0.29, 0.717) is 12.6 Å². The summed E-state index contributed by atoms with van der Waals surface area (Å²) in [7, 11) is 0. The zero-order valence-electron chi connectivity index (χ0n) is 18.0. The number of aliphatic imine (C=N–C) groups is 1. The zero-order valence-corrected chi connectivity index (χ0v) is 18.9. The molecule has 1 aromatic rings. The van der Waals surface area contributed by atoms with E-state index in [2.05, 4.69) is 10.3 Å². The molecule has 1 aromatic heterocycles. The first kappa shape index (κ1) is 21.0. The van der Waals surface area contributed by atoms with E-state index in [1.54, 1.807) is 6.20 Å². The summed E-state index contributed by atoms with van der Waals surface area (Å²) >= 11 is 1.48. The monoisotopic (exact) mass is 440 g/mol. The Kier molecular flexibility index (Phi) is 6.30. The molecule has 1 saturated heterocycles. The van der Waals surface area contributed by atoms with Gasteiger partial charge in [0.05, 0.1) is 0 Å². The summed E-state index contributed by atoms with van der Waals surface area (Å²) < 4.78 is 0. The van der Waals surface area contributed by atoms with Crippen LogP contribution in [0.2, 0.25) is 0 Å². The second-order valence-corrected chi connectivity index (χ2v) is 10.8. The molecule has 2 bridgehead atoms. The molecule has 4 atom stereocenters. The lowest BCUT2D eigenvalue weighted by atomic mass is 9.86. The summed E-state index contributed by atoms with van der Waals surface area (Å²) in [6.45, 7) is 1.35. The van der Waals surface area contributed by atoms with Crippen molar-refractivity contribution in [2.75, 3.05) is 13.1 Å². The van der Waals surface area contributed by atoms with Gasteiger partial charge in [0.15, 0.2) is 5.17 Å². The number of hydrogen-bond donors (Lipinski definition) is 1. The first-order chi connectivity index (χ1) is 15.2. The quantitative estimate of drug-likeness (QED) is 0.638. The lowest BCUT2D eigenvalue weighted by Crippen LogP contribution is -2.36. The maximum absolute atomic E-state index is 13.2. The molecule has 0 spiro atoms. The van der Waals surface area contributed by atoms with E-state index >= 15 is 0 Å². The lowest BCUT2D eigenvalue weighted by molar-refractivity contribution is -0.129. The summed E-state index contributed by atoms with van der Waals surface area (Å²) in [6, 6.07) is 6.23. The van der Waals surface area contributed by atoms with Crippen molar-refractivity contribution in [3.63, 3.8) is 0 Å². The minimum absolute atomic E-state index is 0.00358. The number of carbonyl (C=O) groups excluding carboxylic acids is 2. The van der Waals surface area contributed by atoms with Gasteiger partial charge >= 0.3 is 0 Å². The van der Waals surface area contributed by atoms with Crippen LogP contribution >= 0.6 is 11.8 Å². The molecule has 4 unspecified atom stereocenters.